The molecule has 0 heterocycles. The molecule has 0 amide bonds. The zero-order valence-electron chi connectivity index (χ0n) is 11.5. The molecule has 106 valence electrons. The second kappa shape index (κ2) is 7.40. The summed E-state index contributed by atoms with van der Waals surface area (Å²) in [7, 11) is 1.68. The Kier molecular flexibility index (Phi) is 5.84. The van der Waals surface area contributed by atoms with E-state index in [1.54, 1.807) is 7.11 Å². The SMILES string of the molecule is COc1ccc(Cl)cc1C(Cl)CCC1CCCCC1. The zero-order chi connectivity index (χ0) is 13.7. The van der Waals surface area contributed by atoms with Gasteiger partial charge >= 0.3 is 0 Å². The molecule has 19 heavy (non-hydrogen) atoms. The molecule has 2 rings (SSSR count). The first kappa shape index (κ1) is 15.0. The Hall–Kier alpha value is -0.400. The van der Waals surface area contributed by atoms with Crippen LogP contribution in [0.15, 0.2) is 18.2 Å². The third-order valence-electron chi connectivity index (χ3n) is 4.08. The van der Waals surface area contributed by atoms with Gasteiger partial charge in [-0.05, 0) is 37.0 Å². The van der Waals surface area contributed by atoms with Gasteiger partial charge in [0.15, 0.2) is 0 Å². The van der Waals surface area contributed by atoms with Gasteiger partial charge in [-0.15, -0.1) is 11.6 Å². The Morgan fingerprint density at radius 2 is 2.00 bits per heavy atom. The van der Waals surface area contributed by atoms with Crippen molar-refractivity contribution < 1.29 is 4.74 Å². The van der Waals surface area contributed by atoms with E-state index in [9.17, 15) is 0 Å². The lowest BCUT2D eigenvalue weighted by Crippen LogP contribution is -2.07. The third-order valence-corrected chi connectivity index (χ3v) is 4.77. The minimum atomic E-state index is -0.00410. The van der Waals surface area contributed by atoms with Gasteiger partial charge in [0.2, 0.25) is 0 Å². The fraction of sp³-hybridized carbons (Fsp3) is 0.625. The molecule has 1 unspecified atom stereocenters. The fourth-order valence-electron chi connectivity index (χ4n) is 2.96. The Morgan fingerprint density at radius 1 is 1.26 bits per heavy atom. The highest BCUT2D eigenvalue weighted by Gasteiger charge is 2.18. The van der Waals surface area contributed by atoms with Crippen molar-refractivity contribution >= 4 is 23.2 Å². The van der Waals surface area contributed by atoms with E-state index in [4.69, 9.17) is 27.9 Å². The number of hydrogen-bond acceptors (Lipinski definition) is 1. The van der Waals surface area contributed by atoms with E-state index < -0.39 is 0 Å². The highest BCUT2D eigenvalue weighted by molar-refractivity contribution is 6.30. The van der Waals surface area contributed by atoms with Gasteiger partial charge in [-0.1, -0.05) is 43.7 Å². The monoisotopic (exact) mass is 300 g/mol. The quantitative estimate of drug-likeness (QED) is 0.607. The zero-order valence-corrected chi connectivity index (χ0v) is 13.0. The van der Waals surface area contributed by atoms with E-state index >= 15 is 0 Å². The number of rotatable bonds is 5. The summed E-state index contributed by atoms with van der Waals surface area (Å²) in [6.45, 7) is 0. The van der Waals surface area contributed by atoms with Crippen molar-refractivity contribution in [2.24, 2.45) is 5.92 Å². The molecule has 0 bridgehead atoms. The molecule has 1 aliphatic carbocycles. The van der Waals surface area contributed by atoms with Gasteiger partial charge in [-0.3, -0.25) is 0 Å². The molecule has 0 radical (unpaired) electrons. The molecule has 1 fully saturated rings. The van der Waals surface area contributed by atoms with E-state index in [1.165, 1.54) is 38.5 Å². The molecule has 0 aromatic heterocycles. The minimum Gasteiger partial charge on any atom is -0.496 e. The third kappa shape index (κ3) is 4.29. The Balaban J connectivity index is 1.94. The molecule has 0 spiro atoms. The highest BCUT2D eigenvalue weighted by atomic mass is 35.5. The Morgan fingerprint density at radius 3 is 2.68 bits per heavy atom. The van der Waals surface area contributed by atoms with Gasteiger partial charge < -0.3 is 4.74 Å². The summed E-state index contributed by atoms with van der Waals surface area (Å²) < 4.78 is 5.37. The molecule has 1 aromatic carbocycles. The van der Waals surface area contributed by atoms with Crippen LogP contribution in [-0.4, -0.2) is 7.11 Å². The molecule has 1 atom stereocenters. The van der Waals surface area contributed by atoms with Crippen molar-refractivity contribution in [3.05, 3.63) is 28.8 Å². The Labute approximate surface area is 126 Å². The van der Waals surface area contributed by atoms with E-state index in [2.05, 4.69) is 0 Å². The summed E-state index contributed by atoms with van der Waals surface area (Å²) >= 11 is 12.6. The van der Waals surface area contributed by atoms with Crippen LogP contribution >= 0.6 is 23.2 Å². The topological polar surface area (TPSA) is 9.23 Å². The molecule has 0 aliphatic heterocycles. The molecule has 0 saturated heterocycles. The van der Waals surface area contributed by atoms with E-state index in [0.29, 0.717) is 0 Å². The van der Waals surface area contributed by atoms with Crippen LogP contribution in [0.3, 0.4) is 0 Å². The first-order chi connectivity index (χ1) is 9.20. The first-order valence-electron chi connectivity index (χ1n) is 7.18. The van der Waals surface area contributed by atoms with Crippen LogP contribution in [0, 0.1) is 5.92 Å². The van der Waals surface area contributed by atoms with Crippen molar-refractivity contribution in [2.75, 3.05) is 7.11 Å². The summed E-state index contributed by atoms with van der Waals surface area (Å²) in [5, 5.41) is 0.717. The molecular weight excluding hydrogens is 279 g/mol. The summed E-state index contributed by atoms with van der Waals surface area (Å²) in [6, 6.07) is 5.67. The average Bonchev–Trinajstić information content (AvgIpc) is 2.46. The van der Waals surface area contributed by atoms with Crippen LogP contribution in [0.25, 0.3) is 0 Å². The van der Waals surface area contributed by atoms with Crippen LogP contribution in [0.5, 0.6) is 5.75 Å². The Bertz CT molecular complexity index is 400. The van der Waals surface area contributed by atoms with Crippen molar-refractivity contribution in [1.29, 1.82) is 0 Å². The standard InChI is InChI=1S/C16H22Cl2O/c1-19-16-10-8-13(17)11-14(16)15(18)9-7-12-5-3-2-4-6-12/h8,10-12,15H,2-7,9H2,1H3. The predicted molar refractivity (Wildman–Crippen MR) is 82.4 cm³/mol. The molecular formula is C16H22Cl2O. The van der Waals surface area contributed by atoms with Gasteiger partial charge in [0.1, 0.15) is 5.75 Å². The predicted octanol–water partition coefficient (Wildman–Crippen LogP) is 5.99. The van der Waals surface area contributed by atoms with Crippen molar-refractivity contribution in [2.45, 2.75) is 50.3 Å². The maximum Gasteiger partial charge on any atom is 0.123 e. The summed E-state index contributed by atoms with van der Waals surface area (Å²) in [5.74, 6) is 1.70. The van der Waals surface area contributed by atoms with Crippen molar-refractivity contribution in [3.8, 4) is 5.75 Å². The molecule has 1 aromatic rings. The summed E-state index contributed by atoms with van der Waals surface area (Å²) in [5.41, 5.74) is 1.02. The largest absolute Gasteiger partial charge is 0.496 e. The number of benzene rings is 1. The lowest BCUT2D eigenvalue weighted by molar-refractivity contribution is 0.330. The van der Waals surface area contributed by atoms with Crippen LogP contribution in [0.1, 0.15) is 55.9 Å². The number of hydrogen-bond donors (Lipinski definition) is 0. The highest BCUT2D eigenvalue weighted by Crippen LogP contribution is 2.37. The summed E-state index contributed by atoms with van der Waals surface area (Å²) in [4.78, 5) is 0. The maximum absolute atomic E-state index is 6.54. The maximum atomic E-state index is 6.54. The number of ether oxygens (including phenoxy) is 1. The lowest BCUT2D eigenvalue weighted by atomic mass is 9.85. The van der Waals surface area contributed by atoms with Gasteiger partial charge in [0.25, 0.3) is 0 Å². The number of halogens is 2. The minimum absolute atomic E-state index is 0.00410. The van der Waals surface area contributed by atoms with Gasteiger partial charge in [-0.2, -0.15) is 0 Å². The van der Waals surface area contributed by atoms with Gasteiger partial charge in [0.05, 0.1) is 12.5 Å². The van der Waals surface area contributed by atoms with Crippen LogP contribution in [-0.2, 0) is 0 Å². The van der Waals surface area contributed by atoms with Crippen LogP contribution < -0.4 is 4.74 Å². The van der Waals surface area contributed by atoms with E-state index in [0.717, 1.165) is 28.7 Å². The normalized spacial score (nSPS) is 18.3. The number of alkyl halides is 1. The van der Waals surface area contributed by atoms with E-state index in [-0.39, 0.29) is 5.38 Å². The summed E-state index contributed by atoms with van der Waals surface area (Å²) in [6.07, 6.45) is 9.14. The van der Waals surface area contributed by atoms with Gasteiger partial charge in [-0.25, -0.2) is 0 Å². The molecule has 3 heteroatoms. The fourth-order valence-corrected chi connectivity index (χ4v) is 3.44. The van der Waals surface area contributed by atoms with Crippen LogP contribution in [0.2, 0.25) is 5.02 Å². The second-order valence-electron chi connectivity index (χ2n) is 5.44. The molecule has 0 N–H and O–H groups in total. The average molecular weight is 301 g/mol. The number of methoxy groups -OCH3 is 1. The smallest absolute Gasteiger partial charge is 0.123 e. The second-order valence-corrected chi connectivity index (χ2v) is 6.40. The molecule has 1 saturated carbocycles. The lowest BCUT2D eigenvalue weighted by Gasteiger charge is -2.23. The van der Waals surface area contributed by atoms with E-state index in [1.807, 2.05) is 18.2 Å². The van der Waals surface area contributed by atoms with Crippen molar-refractivity contribution in [1.82, 2.24) is 0 Å². The van der Waals surface area contributed by atoms with Crippen LogP contribution in [0.4, 0.5) is 0 Å². The van der Waals surface area contributed by atoms with Gasteiger partial charge in [0, 0.05) is 10.6 Å². The first-order valence-corrected chi connectivity index (χ1v) is 7.99. The molecule has 1 aliphatic rings. The molecule has 1 nitrogen and oxygen atoms in total. The van der Waals surface area contributed by atoms with Crippen molar-refractivity contribution in [3.63, 3.8) is 0 Å².